The van der Waals surface area contributed by atoms with E-state index < -0.39 is 28.3 Å². The topological polar surface area (TPSA) is 66.5 Å². The Morgan fingerprint density at radius 2 is 1.74 bits per heavy atom. The predicted molar refractivity (Wildman–Crippen MR) is 137 cm³/mol. The SMILES string of the molecule is CC[C@H](NC(=O)CN(c1ccc(F)c(Cl)c1)S(=O)(=O)c1ccccc1)c1ccc2c(c1)CCCC2. The van der Waals surface area contributed by atoms with Crippen LogP contribution in [0.3, 0.4) is 0 Å². The largest absolute Gasteiger partial charge is 0.348 e. The Morgan fingerprint density at radius 3 is 2.43 bits per heavy atom. The molecule has 3 aromatic rings. The quantitative estimate of drug-likeness (QED) is 0.412. The number of carbonyl (C=O) groups is 1. The molecule has 0 fully saturated rings. The zero-order valence-electron chi connectivity index (χ0n) is 19.5. The predicted octanol–water partition coefficient (Wildman–Crippen LogP) is 5.82. The Bertz CT molecular complexity index is 1320. The maximum Gasteiger partial charge on any atom is 0.264 e. The van der Waals surface area contributed by atoms with E-state index in [1.807, 2.05) is 13.0 Å². The van der Waals surface area contributed by atoms with Gasteiger partial charge in [-0.05, 0) is 79.1 Å². The molecule has 0 unspecified atom stereocenters. The number of amides is 1. The summed E-state index contributed by atoms with van der Waals surface area (Å²) in [5.74, 6) is -1.13. The third kappa shape index (κ3) is 5.68. The molecule has 0 aliphatic heterocycles. The summed E-state index contributed by atoms with van der Waals surface area (Å²) in [5, 5.41) is 2.76. The van der Waals surface area contributed by atoms with Gasteiger partial charge in [0.15, 0.2) is 0 Å². The average molecular weight is 515 g/mol. The summed E-state index contributed by atoms with van der Waals surface area (Å²) < 4.78 is 41.7. The van der Waals surface area contributed by atoms with Crippen molar-refractivity contribution in [1.82, 2.24) is 5.32 Å². The lowest BCUT2D eigenvalue weighted by molar-refractivity contribution is -0.120. The summed E-state index contributed by atoms with van der Waals surface area (Å²) >= 11 is 5.94. The van der Waals surface area contributed by atoms with Crippen molar-refractivity contribution in [3.63, 3.8) is 0 Å². The van der Waals surface area contributed by atoms with Gasteiger partial charge < -0.3 is 5.32 Å². The van der Waals surface area contributed by atoms with Gasteiger partial charge in [0.2, 0.25) is 5.91 Å². The lowest BCUT2D eigenvalue weighted by Crippen LogP contribution is -2.42. The lowest BCUT2D eigenvalue weighted by atomic mass is 9.89. The molecule has 5 nitrogen and oxygen atoms in total. The number of rotatable bonds is 8. The number of carbonyl (C=O) groups excluding carboxylic acids is 1. The zero-order chi connectivity index (χ0) is 25.0. The first kappa shape index (κ1) is 25.2. The monoisotopic (exact) mass is 514 g/mol. The highest BCUT2D eigenvalue weighted by atomic mass is 35.5. The Morgan fingerprint density at radius 1 is 1.03 bits per heavy atom. The van der Waals surface area contributed by atoms with E-state index in [2.05, 4.69) is 17.4 Å². The van der Waals surface area contributed by atoms with Crippen LogP contribution in [0, 0.1) is 5.82 Å². The van der Waals surface area contributed by atoms with Crippen LogP contribution in [0.1, 0.15) is 48.9 Å². The van der Waals surface area contributed by atoms with E-state index in [1.54, 1.807) is 18.2 Å². The molecular formula is C27H28ClFN2O3S. The molecule has 0 saturated carbocycles. The van der Waals surface area contributed by atoms with Crippen LogP contribution in [-0.2, 0) is 27.7 Å². The molecule has 1 aliphatic carbocycles. The molecular weight excluding hydrogens is 487 g/mol. The minimum atomic E-state index is -4.11. The fraction of sp³-hybridized carbons (Fsp3) is 0.296. The Kier molecular flexibility index (Phi) is 7.77. The number of benzene rings is 3. The molecule has 0 spiro atoms. The molecule has 0 radical (unpaired) electrons. The summed E-state index contributed by atoms with van der Waals surface area (Å²) in [5.41, 5.74) is 3.78. The van der Waals surface area contributed by atoms with Crippen molar-refractivity contribution in [2.75, 3.05) is 10.8 Å². The highest BCUT2D eigenvalue weighted by Gasteiger charge is 2.28. The first-order valence-corrected chi connectivity index (χ1v) is 13.6. The van der Waals surface area contributed by atoms with Gasteiger partial charge in [0.25, 0.3) is 10.0 Å². The molecule has 0 bridgehead atoms. The van der Waals surface area contributed by atoms with Gasteiger partial charge >= 0.3 is 0 Å². The van der Waals surface area contributed by atoms with Crippen molar-refractivity contribution >= 4 is 33.2 Å². The van der Waals surface area contributed by atoms with Crippen LogP contribution in [0.2, 0.25) is 5.02 Å². The van der Waals surface area contributed by atoms with Gasteiger partial charge in [-0.2, -0.15) is 0 Å². The smallest absolute Gasteiger partial charge is 0.264 e. The molecule has 0 saturated heterocycles. The molecule has 0 aromatic heterocycles. The molecule has 1 amide bonds. The highest BCUT2D eigenvalue weighted by Crippen LogP contribution is 2.29. The molecule has 1 atom stereocenters. The number of sulfonamides is 1. The fourth-order valence-corrected chi connectivity index (χ4v) is 6.05. The van der Waals surface area contributed by atoms with E-state index in [1.165, 1.54) is 41.8 Å². The third-order valence-electron chi connectivity index (χ3n) is 6.33. The van der Waals surface area contributed by atoms with Gasteiger partial charge in [0.1, 0.15) is 12.4 Å². The summed E-state index contributed by atoms with van der Waals surface area (Å²) in [6.07, 6.45) is 5.11. The maximum atomic E-state index is 13.8. The molecule has 1 N–H and O–H groups in total. The maximum absolute atomic E-state index is 13.8. The number of nitrogens with one attached hydrogen (secondary N) is 1. The Balaban J connectivity index is 1.61. The third-order valence-corrected chi connectivity index (χ3v) is 8.41. The van der Waals surface area contributed by atoms with E-state index in [-0.39, 0.29) is 21.6 Å². The van der Waals surface area contributed by atoms with Gasteiger partial charge in [0, 0.05) is 0 Å². The summed E-state index contributed by atoms with van der Waals surface area (Å²) in [6, 6.07) is 17.5. The molecule has 1 aliphatic rings. The second-order valence-electron chi connectivity index (χ2n) is 8.69. The van der Waals surface area contributed by atoms with Gasteiger partial charge in [-0.25, -0.2) is 12.8 Å². The highest BCUT2D eigenvalue weighted by molar-refractivity contribution is 7.92. The summed E-state index contributed by atoms with van der Waals surface area (Å²) in [6.45, 7) is 1.50. The second kappa shape index (κ2) is 10.8. The zero-order valence-corrected chi connectivity index (χ0v) is 21.1. The van der Waals surface area contributed by atoms with Crippen molar-refractivity contribution in [2.45, 2.75) is 50.0 Å². The van der Waals surface area contributed by atoms with Crippen LogP contribution < -0.4 is 9.62 Å². The number of fused-ring (bicyclic) bond motifs is 1. The van der Waals surface area contributed by atoms with Crippen molar-refractivity contribution in [1.29, 1.82) is 0 Å². The molecule has 184 valence electrons. The number of hydrogen-bond acceptors (Lipinski definition) is 3. The summed E-state index contributed by atoms with van der Waals surface area (Å²) in [4.78, 5) is 13.2. The van der Waals surface area contributed by atoms with E-state index in [4.69, 9.17) is 11.6 Å². The van der Waals surface area contributed by atoms with Crippen LogP contribution in [-0.4, -0.2) is 20.9 Å². The molecule has 4 rings (SSSR count). The van der Waals surface area contributed by atoms with E-state index in [0.29, 0.717) is 6.42 Å². The number of aryl methyl sites for hydroxylation is 2. The van der Waals surface area contributed by atoms with Crippen molar-refractivity contribution < 1.29 is 17.6 Å². The number of halogens is 2. The average Bonchev–Trinajstić information content (AvgIpc) is 2.87. The number of nitrogens with zero attached hydrogens (tertiary/aromatic N) is 1. The van der Waals surface area contributed by atoms with Gasteiger partial charge in [-0.3, -0.25) is 9.10 Å². The lowest BCUT2D eigenvalue weighted by Gasteiger charge is -2.26. The van der Waals surface area contributed by atoms with Crippen molar-refractivity contribution in [2.24, 2.45) is 0 Å². The van der Waals surface area contributed by atoms with Gasteiger partial charge in [-0.15, -0.1) is 0 Å². The van der Waals surface area contributed by atoms with Crippen LogP contribution >= 0.6 is 11.6 Å². The Labute approximate surface area is 211 Å². The minimum absolute atomic E-state index is 0.0231. The van der Waals surface area contributed by atoms with Crippen molar-refractivity contribution in [3.8, 4) is 0 Å². The number of hydrogen-bond donors (Lipinski definition) is 1. The first-order chi connectivity index (χ1) is 16.8. The minimum Gasteiger partial charge on any atom is -0.348 e. The summed E-state index contributed by atoms with van der Waals surface area (Å²) in [7, 11) is -4.11. The van der Waals surface area contributed by atoms with E-state index >= 15 is 0 Å². The second-order valence-corrected chi connectivity index (χ2v) is 11.0. The van der Waals surface area contributed by atoms with Crippen LogP contribution in [0.25, 0.3) is 0 Å². The van der Waals surface area contributed by atoms with E-state index in [9.17, 15) is 17.6 Å². The first-order valence-electron chi connectivity index (χ1n) is 11.7. The van der Waals surface area contributed by atoms with Crippen LogP contribution in [0.15, 0.2) is 71.6 Å². The fourth-order valence-electron chi connectivity index (χ4n) is 4.44. The molecule has 8 heteroatoms. The Hall–Kier alpha value is -2.90. The van der Waals surface area contributed by atoms with Crippen LogP contribution in [0.4, 0.5) is 10.1 Å². The molecule has 35 heavy (non-hydrogen) atoms. The normalized spacial score (nSPS) is 14.1. The van der Waals surface area contributed by atoms with Crippen LogP contribution in [0.5, 0.6) is 0 Å². The van der Waals surface area contributed by atoms with Gasteiger partial charge in [-0.1, -0.05) is 54.9 Å². The number of anilines is 1. The molecule has 0 heterocycles. The standard InChI is InChI=1S/C27H28ClFN2O3S/c1-2-26(21-13-12-19-8-6-7-9-20(19)16-21)30-27(32)18-31(22-14-15-25(29)24(28)17-22)35(33,34)23-10-4-3-5-11-23/h3-5,10-17,26H,2,6-9,18H2,1H3,(H,30,32)/t26-/m0/s1. The molecule has 3 aromatic carbocycles. The van der Waals surface area contributed by atoms with Crippen molar-refractivity contribution in [3.05, 3.63) is 94.3 Å². The van der Waals surface area contributed by atoms with Gasteiger partial charge in [0.05, 0.1) is 21.6 Å². The van der Waals surface area contributed by atoms with E-state index in [0.717, 1.165) is 35.2 Å².